The highest BCUT2D eigenvalue weighted by molar-refractivity contribution is 6.30. The number of esters is 1. The van der Waals surface area contributed by atoms with Crippen molar-refractivity contribution in [2.24, 2.45) is 0 Å². The molecule has 0 bridgehead atoms. The number of ether oxygens (including phenoxy) is 3. The lowest BCUT2D eigenvalue weighted by Crippen LogP contribution is -2.29. The second-order valence-electron chi connectivity index (χ2n) is 6.45. The number of halogens is 1. The predicted molar refractivity (Wildman–Crippen MR) is 119 cm³/mol. The third-order valence-corrected chi connectivity index (χ3v) is 4.77. The Morgan fingerprint density at radius 1 is 1.03 bits per heavy atom. The SMILES string of the molecule is COC(=O)c1cc(-c2ccc(OC)c(OC)c2)nn(C/C=C/c2ccc(Cl)cc2)c1=O. The number of carbonyl (C=O) groups excluding carboxylic acids is 1. The summed E-state index contributed by atoms with van der Waals surface area (Å²) in [7, 11) is 4.29. The highest BCUT2D eigenvalue weighted by Gasteiger charge is 2.17. The van der Waals surface area contributed by atoms with E-state index in [-0.39, 0.29) is 12.1 Å². The number of aromatic nitrogens is 2. The fourth-order valence-corrected chi connectivity index (χ4v) is 3.05. The van der Waals surface area contributed by atoms with Gasteiger partial charge in [-0.1, -0.05) is 35.9 Å². The number of nitrogens with zero attached hydrogens (tertiary/aromatic N) is 2. The summed E-state index contributed by atoms with van der Waals surface area (Å²) in [4.78, 5) is 24.9. The molecule has 3 rings (SSSR count). The van der Waals surface area contributed by atoms with Gasteiger partial charge in [-0.25, -0.2) is 9.48 Å². The van der Waals surface area contributed by atoms with Crippen LogP contribution >= 0.6 is 11.6 Å². The molecule has 0 amide bonds. The van der Waals surface area contributed by atoms with Crippen LogP contribution in [0.1, 0.15) is 15.9 Å². The molecule has 0 atom stereocenters. The summed E-state index contributed by atoms with van der Waals surface area (Å²) < 4.78 is 16.6. The lowest BCUT2D eigenvalue weighted by Gasteiger charge is -2.11. The molecule has 31 heavy (non-hydrogen) atoms. The van der Waals surface area contributed by atoms with Gasteiger partial charge in [0.1, 0.15) is 5.56 Å². The van der Waals surface area contributed by atoms with E-state index in [1.165, 1.54) is 25.0 Å². The maximum Gasteiger partial charge on any atom is 0.343 e. The van der Waals surface area contributed by atoms with Crippen molar-refractivity contribution in [2.45, 2.75) is 6.54 Å². The highest BCUT2D eigenvalue weighted by Crippen LogP contribution is 2.31. The third-order valence-electron chi connectivity index (χ3n) is 4.52. The van der Waals surface area contributed by atoms with Crippen molar-refractivity contribution >= 4 is 23.6 Å². The second kappa shape index (κ2) is 9.95. The van der Waals surface area contributed by atoms with Crippen molar-refractivity contribution in [3.8, 4) is 22.8 Å². The third kappa shape index (κ3) is 5.13. The van der Waals surface area contributed by atoms with Crippen molar-refractivity contribution in [2.75, 3.05) is 21.3 Å². The average Bonchev–Trinajstić information content (AvgIpc) is 2.80. The van der Waals surface area contributed by atoms with Gasteiger partial charge in [0.25, 0.3) is 5.56 Å². The number of carbonyl (C=O) groups is 1. The van der Waals surface area contributed by atoms with Gasteiger partial charge in [-0.15, -0.1) is 0 Å². The predicted octanol–water partition coefficient (Wildman–Crippen LogP) is 4.08. The van der Waals surface area contributed by atoms with Gasteiger partial charge in [0.2, 0.25) is 0 Å². The molecule has 0 radical (unpaired) electrons. The van der Waals surface area contributed by atoms with Gasteiger partial charge in [0.15, 0.2) is 11.5 Å². The summed E-state index contributed by atoms with van der Waals surface area (Å²) in [5.74, 6) is 0.324. The van der Waals surface area contributed by atoms with Crippen molar-refractivity contribution in [1.29, 1.82) is 0 Å². The molecular weight excluding hydrogens is 420 g/mol. The van der Waals surface area contributed by atoms with Crippen LogP contribution in [-0.4, -0.2) is 37.1 Å². The second-order valence-corrected chi connectivity index (χ2v) is 6.88. The van der Waals surface area contributed by atoms with E-state index in [0.29, 0.717) is 27.8 Å². The molecule has 0 saturated heterocycles. The molecule has 7 nitrogen and oxygen atoms in total. The van der Waals surface area contributed by atoms with E-state index in [0.717, 1.165) is 5.56 Å². The van der Waals surface area contributed by atoms with E-state index in [1.807, 2.05) is 18.2 Å². The maximum atomic E-state index is 12.8. The molecule has 1 aromatic heterocycles. The zero-order chi connectivity index (χ0) is 22.4. The minimum atomic E-state index is -0.732. The Labute approximate surface area is 184 Å². The number of allylic oxidation sites excluding steroid dienone is 1. The number of methoxy groups -OCH3 is 3. The molecule has 8 heteroatoms. The van der Waals surface area contributed by atoms with Gasteiger partial charge in [0, 0.05) is 10.6 Å². The molecule has 0 unspecified atom stereocenters. The first kappa shape index (κ1) is 22.1. The summed E-state index contributed by atoms with van der Waals surface area (Å²) in [6.07, 6.45) is 3.61. The van der Waals surface area contributed by atoms with Crippen LogP contribution in [0.5, 0.6) is 11.5 Å². The normalized spacial score (nSPS) is 10.8. The Bertz CT molecular complexity index is 1170. The van der Waals surface area contributed by atoms with E-state index < -0.39 is 11.5 Å². The smallest absolute Gasteiger partial charge is 0.343 e. The summed E-state index contributed by atoms with van der Waals surface area (Å²) in [5, 5.41) is 5.06. The van der Waals surface area contributed by atoms with Gasteiger partial charge in [-0.3, -0.25) is 4.79 Å². The molecule has 0 aliphatic rings. The molecule has 2 aromatic carbocycles. The Morgan fingerprint density at radius 3 is 2.39 bits per heavy atom. The Morgan fingerprint density at radius 2 is 1.74 bits per heavy atom. The standard InChI is InChI=1S/C23H21ClN2O5/c1-29-20-11-8-16(13-21(20)30-2)19-14-18(23(28)31-3)22(27)26(25-19)12-4-5-15-6-9-17(24)10-7-15/h4-11,13-14H,12H2,1-3H3/b5-4+. The van der Waals surface area contributed by atoms with Gasteiger partial charge in [0.05, 0.1) is 33.6 Å². The zero-order valence-corrected chi connectivity index (χ0v) is 18.1. The Kier molecular flexibility index (Phi) is 7.10. The van der Waals surface area contributed by atoms with Crippen LogP contribution in [0.15, 0.2) is 59.4 Å². The quantitative estimate of drug-likeness (QED) is 0.515. The monoisotopic (exact) mass is 440 g/mol. The molecular formula is C23H21ClN2O5. The molecule has 1 heterocycles. The Hall–Kier alpha value is -3.58. The van der Waals surface area contributed by atoms with Crippen LogP contribution in [-0.2, 0) is 11.3 Å². The molecule has 160 valence electrons. The van der Waals surface area contributed by atoms with E-state index >= 15 is 0 Å². The topological polar surface area (TPSA) is 79.7 Å². The van der Waals surface area contributed by atoms with Gasteiger partial charge < -0.3 is 14.2 Å². The van der Waals surface area contributed by atoms with Crippen molar-refractivity contribution < 1.29 is 19.0 Å². The van der Waals surface area contributed by atoms with Crippen molar-refractivity contribution in [3.63, 3.8) is 0 Å². The molecule has 0 fully saturated rings. The van der Waals surface area contributed by atoms with Gasteiger partial charge >= 0.3 is 5.97 Å². The van der Waals surface area contributed by atoms with E-state index in [1.54, 1.807) is 43.5 Å². The average molecular weight is 441 g/mol. The van der Waals surface area contributed by atoms with E-state index in [4.69, 9.17) is 25.8 Å². The van der Waals surface area contributed by atoms with E-state index in [2.05, 4.69) is 5.10 Å². The first-order chi connectivity index (χ1) is 15.0. The van der Waals surface area contributed by atoms with Crippen molar-refractivity contribution in [1.82, 2.24) is 9.78 Å². The van der Waals surface area contributed by atoms with Crippen LogP contribution in [0.2, 0.25) is 5.02 Å². The van der Waals surface area contributed by atoms with Crippen molar-refractivity contribution in [3.05, 3.63) is 81.1 Å². The summed E-state index contributed by atoms with van der Waals surface area (Å²) in [6, 6.07) is 13.9. The largest absolute Gasteiger partial charge is 0.493 e. The van der Waals surface area contributed by atoms with Gasteiger partial charge in [-0.2, -0.15) is 5.10 Å². The molecule has 0 spiro atoms. The molecule has 0 saturated carbocycles. The Balaban J connectivity index is 2.02. The maximum absolute atomic E-state index is 12.8. The van der Waals surface area contributed by atoms with Crippen LogP contribution < -0.4 is 15.0 Å². The highest BCUT2D eigenvalue weighted by atomic mass is 35.5. The molecule has 0 aliphatic heterocycles. The zero-order valence-electron chi connectivity index (χ0n) is 17.3. The minimum Gasteiger partial charge on any atom is -0.493 e. The van der Waals surface area contributed by atoms with Crippen LogP contribution in [0, 0.1) is 0 Å². The number of hydrogen-bond donors (Lipinski definition) is 0. The minimum absolute atomic E-state index is 0.109. The summed E-state index contributed by atoms with van der Waals surface area (Å²) in [5.41, 5.74) is 1.33. The van der Waals surface area contributed by atoms with Crippen LogP contribution in [0.3, 0.4) is 0 Å². The van der Waals surface area contributed by atoms with Crippen LogP contribution in [0.4, 0.5) is 0 Å². The summed E-state index contributed by atoms with van der Waals surface area (Å²) in [6.45, 7) is 0.159. The fraction of sp³-hybridized carbons (Fsp3) is 0.174. The first-order valence-electron chi connectivity index (χ1n) is 9.31. The number of hydrogen-bond acceptors (Lipinski definition) is 6. The molecule has 0 N–H and O–H groups in total. The summed E-state index contributed by atoms with van der Waals surface area (Å²) >= 11 is 5.90. The lowest BCUT2D eigenvalue weighted by atomic mass is 10.1. The van der Waals surface area contributed by atoms with Gasteiger partial charge in [-0.05, 0) is 42.0 Å². The first-order valence-corrected chi connectivity index (χ1v) is 9.69. The van der Waals surface area contributed by atoms with Crippen LogP contribution in [0.25, 0.3) is 17.3 Å². The number of rotatable bonds is 7. The molecule has 0 aliphatic carbocycles. The number of benzene rings is 2. The molecule has 3 aromatic rings. The van der Waals surface area contributed by atoms with E-state index in [9.17, 15) is 9.59 Å². The fourth-order valence-electron chi connectivity index (χ4n) is 2.92. The lowest BCUT2D eigenvalue weighted by molar-refractivity contribution is 0.0597.